The molecular formula is C13H16O3. The van der Waals surface area contributed by atoms with Crippen molar-refractivity contribution >= 4 is 11.8 Å². The Kier molecular flexibility index (Phi) is 4.70. The lowest BCUT2D eigenvalue weighted by atomic mass is 10.0. The number of hydrogen-bond donors (Lipinski definition) is 1. The van der Waals surface area contributed by atoms with E-state index >= 15 is 0 Å². The highest BCUT2D eigenvalue weighted by Crippen LogP contribution is 2.09. The van der Waals surface area contributed by atoms with Gasteiger partial charge in [-0.1, -0.05) is 31.2 Å². The lowest BCUT2D eigenvalue weighted by Gasteiger charge is -2.01. The molecule has 0 amide bonds. The van der Waals surface area contributed by atoms with Crippen LogP contribution in [0.4, 0.5) is 0 Å². The molecule has 0 saturated carbocycles. The number of carbonyl (C=O) groups is 2. The molecule has 0 atom stereocenters. The Morgan fingerprint density at radius 3 is 2.25 bits per heavy atom. The van der Waals surface area contributed by atoms with Gasteiger partial charge in [-0.2, -0.15) is 0 Å². The van der Waals surface area contributed by atoms with E-state index in [2.05, 4.69) is 6.92 Å². The van der Waals surface area contributed by atoms with Crippen LogP contribution in [0.3, 0.4) is 0 Å². The number of hydrogen-bond acceptors (Lipinski definition) is 2. The van der Waals surface area contributed by atoms with Crippen molar-refractivity contribution in [3.63, 3.8) is 0 Å². The van der Waals surface area contributed by atoms with Crippen molar-refractivity contribution in [2.75, 3.05) is 0 Å². The number of Topliss-reactive ketones (excluding diaryl/α,β-unsaturated/α-hetero) is 1. The maximum Gasteiger partial charge on any atom is 0.303 e. The number of benzene rings is 1. The molecule has 1 N–H and O–H groups in total. The quantitative estimate of drug-likeness (QED) is 0.750. The first-order valence-corrected chi connectivity index (χ1v) is 5.47. The molecule has 0 aliphatic heterocycles. The van der Waals surface area contributed by atoms with Gasteiger partial charge < -0.3 is 5.11 Å². The van der Waals surface area contributed by atoms with Crippen molar-refractivity contribution in [2.45, 2.75) is 32.6 Å². The smallest absolute Gasteiger partial charge is 0.303 e. The molecule has 0 bridgehead atoms. The van der Waals surface area contributed by atoms with Gasteiger partial charge in [0.15, 0.2) is 5.78 Å². The maximum absolute atomic E-state index is 11.6. The minimum Gasteiger partial charge on any atom is -0.481 e. The Morgan fingerprint density at radius 2 is 1.75 bits per heavy atom. The molecule has 0 spiro atoms. The van der Waals surface area contributed by atoms with Crippen molar-refractivity contribution in [3.8, 4) is 0 Å². The summed E-state index contributed by atoms with van der Waals surface area (Å²) in [6.45, 7) is 2.06. The third-order valence-electron chi connectivity index (χ3n) is 2.48. The second-order valence-corrected chi connectivity index (χ2v) is 3.72. The third kappa shape index (κ3) is 3.85. The van der Waals surface area contributed by atoms with E-state index in [4.69, 9.17) is 5.11 Å². The summed E-state index contributed by atoms with van der Waals surface area (Å²) < 4.78 is 0. The van der Waals surface area contributed by atoms with Crippen LogP contribution in [-0.2, 0) is 11.2 Å². The number of carboxylic acids is 1. The first-order valence-electron chi connectivity index (χ1n) is 5.47. The Bertz CT molecular complexity index is 365. The van der Waals surface area contributed by atoms with Gasteiger partial charge >= 0.3 is 5.97 Å². The molecule has 0 heterocycles. The van der Waals surface area contributed by atoms with Gasteiger partial charge in [-0.15, -0.1) is 0 Å². The normalized spacial score (nSPS) is 10.1. The van der Waals surface area contributed by atoms with Crippen LogP contribution in [0.15, 0.2) is 24.3 Å². The number of carboxylic acid groups (broad SMARTS) is 1. The van der Waals surface area contributed by atoms with Crippen LogP contribution >= 0.6 is 0 Å². The second-order valence-electron chi connectivity index (χ2n) is 3.72. The SMILES string of the molecule is CCc1ccc(C(=O)CCCC(=O)O)cc1. The lowest BCUT2D eigenvalue weighted by molar-refractivity contribution is -0.137. The summed E-state index contributed by atoms with van der Waals surface area (Å²) in [5, 5.41) is 8.45. The van der Waals surface area contributed by atoms with Crippen LogP contribution in [-0.4, -0.2) is 16.9 Å². The molecule has 0 radical (unpaired) electrons. The van der Waals surface area contributed by atoms with Crippen molar-refractivity contribution in [1.82, 2.24) is 0 Å². The van der Waals surface area contributed by atoms with Gasteiger partial charge in [0.05, 0.1) is 0 Å². The summed E-state index contributed by atoms with van der Waals surface area (Å²) >= 11 is 0. The van der Waals surface area contributed by atoms with Crippen molar-refractivity contribution in [1.29, 1.82) is 0 Å². The topological polar surface area (TPSA) is 54.4 Å². The predicted molar refractivity (Wildman–Crippen MR) is 61.6 cm³/mol. The van der Waals surface area contributed by atoms with Crippen LogP contribution in [0, 0.1) is 0 Å². The standard InChI is InChI=1S/C13H16O3/c1-2-10-6-8-11(9-7-10)12(14)4-3-5-13(15)16/h6-9H,2-5H2,1H3,(H,15,16). The molecule has 0 saturated heterocycles. The molecule has 0 unspecified atom stereocenters. The van der Waals surface area contributed by atoms with Crippen LogP contribution in [0.2, 0.25) is 0 Å². The second kappa shape index (κ2) is 6.05. The van der Waals surface area contributed by atoms with E-state index in [1.165, 1.54) is 5.56 Å². The molecule has 3 heteroatoms. The van der Waals surface area contributed by atoms with Crippen molar-refractivity contribution in [2.24, 2.45) is 0 Å². The minimum atomic E-state index is -0.853. The lowest BCUT2D eigenvalue weighted by Crippen LogP contribution is -2.01. The van der Waals surface area contributed by atoms with E-state index in [1.807, 2.05) is 24.3 Å². The van der Waals surface area contributed by atoms with Gasteiger partial charge in [-0.05, 0) is 18.4 Å². The fraction of sp³-hybridized carbons (Fsp3) is 0.385. The summed E-state index contributed by atoms with van der Waals surface area (Å²) in [5.41, 5.74) is 1.87. The fourth-order valence-corrected chi connectivity index (χ4v) is 1.47. The van der Waals surface area contributed by atoms with Gasteiger partial charge in [0.1, 0.15) is 0 Å². The highest BCUT2D eigenvalue weighted by molar-refractivity contribution is 5.96. The van der Waals surface area contributed by atoms with E-state index in [9.17, 15) is 9.59 Å². The van der Waals surface area contributed by atoms with Crippen molar-refractivity contribution < 1.29 is 14.7 Å². The van der Waals surface area contributed by atoms with E-state index in [0.717, 1.165) is 6.42 Å². The minimum absolute atomic E-state index is 0.0175. The molecule has 16 heavy (non-hydrogen) atoms. The number of aryl methyl sites for hydroxylation is 1. The summed E-state index contributed by atoms with van der Waals surface area (Å²) in [6, 6.07) is 7.48. The van der Waals surface area contributed by atoms with Gasteiger partial charge in [0.25, 0.3) is 0 Å². The van der Waals surface area contributed by atoms with Crippen LogP contribution in [0.1, 0.15) is 42.1 Å². The predicted octanol–water partition coefficient (Wildman–Crippen LogP) is 2.69. The van der Waals surface area contributed by atoms with Crippen LogP contribution in [0.25, 0.3) is 0 Å². The highest BCUT2D eigenvalue weighted by Gasteiger charge is 2.06. The molecule has 1 rings (SSSR count). The Morgan fingerprint density at radius 1 is 1.12 bits per heavy atom. The first kappa shape index (κ1) is 12.4. The zero-order valence-corrected chi connectivity index (χ0v) is 9.40. The Labute approximate surface area is 95.1 Å². The zero-order valence-electron chi connectivity index (χ0n) is 9.40. The number of aliphatic carboxylic acids is 1. The number of carbonyl (C=O) groups excluding carboxylic acids is 1. The van der Waals surface area contributed by atoms with Gasteiger partial charge in [-0.25, -0.2) is 0 Å². The van der Waals surface area contributed by atoms with E-state index in [1.54, 1.807) is 0 Å². The average Bonchev–Trinajstić information content (AvgIpc) is 2.28. The summed E-state index contributed by atoms with van der Waals surface area (Å²) in [4.78, 5) is 21.9. The molecule has 3 nitrogen and oxygen atoms in total. The van der Waals surface area contributed by atoms with E-state index < -0.39 is 5.97 Å². The van der Waals surface area contributed by atoms with E-state index in [0.29, 0.717) is 18.4 Å². The zero-order chi connectivity index (χ0) is 12.0. The van der Waals surface area contributed by atoms with Gasteiger partial charge in [-0.3, -0.25) is 9.59 Å². The molecule has 0 fully saturated rings. The Balaban J connectivity index is 2.49. The average molecular weight is 220 g/mol. The summed E-state index contributed by atoms with van der Waals surface area (Å²) in [6.07, 6.45) is 1.72. The molecule has 0 aromatic heterocycles. The molecular weight excluding hydrogens is 204 g/mol. The number of ketones is 1. The van der Waals surface area contributed by atoms with E-state index in [-0.39, 0.29) is 12.2 Å². The molecule has 1 aromatic carbocycles. The maximum atomic E-state index is 11.6. The summed E-state index contributed by atoms with van der Waals surface area (Å²) in [5.74, 6) is -0.835. The fourth-order valence-electron chi connectivity index (χ4n) is 1.47. The van der Waals surface area contributed by atoms with Crippen LogP contribution in [0.5, 0.6) is 0 Å². The third-order valence-corrected chi connectivity index (χ3v) is 2.48. The molecule has 0 aliphatic rings. The largest absolute Gasteiger partial charge is 0.481 e. The first-order chi connectivity index (χ1) is 7.63. The number of rotatable bonds is 6. The molecule has 0 aliphatic carbocycles. The van der Waals surface area contributed by atoms with Crippen LogP contribution < -0.4 is 0 Å². The Hall–Kier alpha value is -1.64. The monoisotopic (exact) mass is 220 g/mol. The van der Waals surface area contributed by atoms with Gasteiger partial charge in [0.2, 0.25) is 0 Å². The highest BCUT2D eigenvalue weighted by atomic mass is 16.4. The molecule has 1 aromatic rings. The summed E-state index contributed by atoms with van der Waals surface area (Å²) in [7, 11) is 0. The molecule has 86 valence electrons. The van der Waals surface area contributed by atoms with Gasteiger partial charge in [0, 0.05) is 18.4 Å². The van der Waals surface area contributed by atoms with Crippen molar-refractivity contribution in [3.05, 3.63) is 35.4 Å².